The molecule has 1 aliphatic heterocycles. The third-order valence-corrected chi connectivity index (χ3v) is 5.17. The number of rotatable bonds is 0. The third kappa shape index (κ3) is 2.06. The molecule has 0 radical (unpaired) electrons. The second kappa shape index (κ2) is 3.18. The smallest absolute Gasteiger partial charge is 0.140 e. The topological polar surface area (TPSA) is 6.48 Å². The number of likely N-dealkylation sites (N-methyl/N-ethyl adjacent to an activating group) is 1. The van der Waals surface area contributed by atoms with E-state index in [9.17, 15) is 0 Å². The monoisotopic (exact) mass is 194 g/mol. The fourth-order valence-electron chi connectivity index (χ4n) is 1.17. The first-order valence-electron chi connectivity index (χ1n) is 3.87. The molecule has 0 aromatic carbocycles. The molecule has 66 valence electrons. The molecule has 0 amide bonds. The van der Waals surface area contributed by atoms with Gasteiger partial charge in [-0.05, 0) is 27.8 Å². The minimum Gasteiger partial charge on any atom is -0.259 e. The summed E-state index contributed by atoms with van der Waals surface area (Å²) in [7, 11) is 1.55. The zero-order valence-corrected chi connectivity index (χ0v) is 9.28. The highest BCUT2D eigenvalue weighted by molar-refractivity contribution is 7.80. The van der Waals surface area contributed by atoms with Crippen LogP contribution >= 0.6 is 18.8 Å². The van der Waals surface area contributed by atoms with Gasteiger partial charge in [-0.3, -0.25) is 9.34 Å². The number of hydrogen-bond acceptors (Lipinski definition) is 2. The van der Waals surface area contributed by atoms with Crippen LogP contribution in [0.3, 0.4) is 0 Å². The first-order chi connectivity index (χ1) is 4.93. The summed E-state index contributed by atoms with van der Waals surface area (Å²) in [6, 6.07) is 0. The van der Waals surface area contributed by atoms with Crippen molar-refractivity contribution in [1.82, 2.24) is 9.34 Å². The molecule has 1 saturated heterocycles. The van der Waals surface area contributed by atoms with E-state index in [1.165, 1.54) is 0 Å². The zero-order valence-electron chi connectivity index (χ0n) is 7.63. The normalized spacial score (nSPS) is 29.7. The maximum atomic E-state index is 6.23. The van der Waals surface area contributed by atoms with Crippen LogP contribution in [0, 0.1) is 0 Å². The molecule has 0 aromatic heterocycles. The minimum atomic E-state index is -0.539. The fourth-order valence-corrected chi connectivity index (χ4v) is 3.68. The molecule has 1 atom stereocenters. The summed E-state index contributed by atoms with van der Waals surface area (Å²) in [6.07, 6.45) is 0. The van der Waals surface area contributed by atoms with Gasteiger partial charge in [-0.2, -0.15) is 0 Å². The molecule has 2 nitrogen and oxygen atoms in total. The Morgan fingerprint density at radius 2 is 1.82 bits per heavy atom. The standard InChI is InChI=1S/C7H16ClN2P/c1-7(2,3)10-6-5-9(4)11(10)8/h5-6H2,1-4H3. The number of halogens is 1. The molecule has 1 unspecified atom stereocenters. The lowest BCUT2D eigenvalue weighted by Gasteiger charge is -2.33. The van der Waals surface area contributed by atoms with Crippen LogP contribution in [0.25, 0.3) is 0 Å². The highest BCUT2D eigenvalue weighted by Crippen LogP contribution is 2.54. The Morgan fingerprint density at radius 3 is 2.00 bits per heavy atom. The van der Waals surface area contributed by atoms with Crippen molar-refractivity contribution < 1.29 is 0 Å². The van der Waals surface area contributed by atoms with Crippen molar-refractivity contribution in [2.24, 2.45) is 0 Å². The SMILES string of the molecule is CN1CCN(C(C)(C)C)P1Cl. The fraction of sp³-hybridized carbons (Fsp3) is 1.00. The van der Waals surface area contributed by atoms with E-state index in [-0.39, 0.29) is 5.54 Å². The second-order valence-electron chi connectivity index (χ2n) is 3.92. The molecule has 0 bridgehead atoms. The quantitative estimate of drug-likeness (QED) is 0.547. The first-order valence-corrected chi connectivity index (χ1v) is 6.02. The van der Waals surface area contributed by atoms with Crippen molar-refractivity contribution in [3.63, 3.8) is 0 Å². The van der Waals surface area contributed by atoms with Crippen molar-refractivity contribution in [2.75, 3.05) is 20.1 Å². The van der Waals surface area contributed by atoms with Gasteiger partial charge in [0.05, 0.1) is 0 Å². The molecule has 0 N–H and O–H groups in total. The molecule has 1 heterocycles. The zero-order chi connectivity index (χ0) is 8.65. The van der Waals surface area contributed by atoms with Crippen molar-refractivity contribution in [2.45, 2.75) is 26.3 Å². The van der Waals surface area contributed by atoms with Gasteiger partial charge in [0, 0.05) is 18.6 Å². The summed E-state index contributed by atoms with van der Waals surface area (Å²) in [5, 5.41) is 0. The van der Waals surface area contributed by atoms with Crippen LogP contribution < -0.4 is 0 Å². The van der Waals surface area contributed by atoms with E-state index in [1.54, 1.807) is 0 Å². The van der Waals surface area contributed by atoms with Crippen LogP contribution in [0.2, 0.25) is 0 Å². The van der Waals surface area contributed by atoms with Gasteiger partial charge in [0.25, 0.3) is 0 Å². The van der Waals surface area contributed by atoms with Crippen molar-refractivity contribution >= 4 is 18.8 Å². The van der Waals surface area contributed by atoms with E-state index >= 15 is 0 Å². The van der Waals surface area contributed by atoms with Crippen LogP contribution in [0.1, 0.15) is 20.8 Å². The Balaban J connectivity index is 2.62. The Bertz CT molecular complexity index is 146. The number of hydrogen-bond donors (Lipinski definition) is 0. The van der Waals surface area contributed by atoms with E-state index in [0.29, 0.717) is 0 Å². The first kappa shape index (κ1) is 9.73. The Kier molecular flexibility index (Phi) is 2.81. The summed E-state index contributed by atoms with van der Waals surface area (Å²) in [4.78, 5) is 0. The molecule has 1 rings (SSSR count). The van der Waals surface area contributed by atoms with Gasteiger partial charge in [-0.1, -0.05) is 11.2 Å². The van der Waals surface area contributed by atoms with Crippen molar-refractivity contribution in [3.05, 3.63) is 0 Å². The minimum absolute atomic E-state index is 0.220. The lowest BCUT2D eigenvalue weighted by Crippen LogP contribution is -2.34. The molecule has 11 heavy (non-hydrogen) atoms. The van der Waals surface area contributed by atoms with Gasteiger partial charge in [0.15, 0.2) is 0 Å². The van der Waals surface area contributed by atoms with E-state index < -0.39 is 7.58 Å². The van der Waals surface area contributed by atoms with Gasteiger partial charge in [0.2, 0.25) is 0 Å². The number of nitrogens with zero attached hydrogens (tertiary/aromatic N) is 2. The third-order valence-electron chi connectivity index (χ3n) is 1.89. The molecule has 0 saturated carbocycles. The molecular weight excluding hydrogens is 179 g/mol. The summed E-state index contributed by atoms with van der Waals surface area (Å²) >= 11 is 6.23. The van der Waals surface area contributed by atoms with Crippen molar-refractivity contribution in [1.29, 1.82) is 0 Å². The highest BCUT2D eigenvalue weighted by Gasteiger charge is 2.35. The van der Waals surface area contributed by atoms with Crippen LogP contribution in [-0.4, -0.2) is 35.0 Å². The highest BCUT2D eigenvalue weighted by atomic mass is 35.7. The maximum Gasteiger partial charge on any atom is 0.140 e. The van der Waals surface area contributed by atoms with Crippen LogP contribution in [0.4, 0.5) is 0 Å². The van der Waals surface area contributed by atoms with Crippen LogP contribution in [-0.2, 0) is 0 Å². The van der Waals surface area contributed by atoms with E-state index in [1.807, 2.05) is 0 Å². The molecule has 0 spiro atoms. The average molecular weight is 195 g/mol. The lowest BCUT2D eigenvalue weighted by molar-refractivity contribution is 0.285. The second-order valence-corrected chi connectivity index (χ2v) is 6.47. The summed E-state index contributed by atoms with van der Waals surface area (Å²) in [5.41, 5.74) is 0.220. The Morgan fingerprint density at radius 1 is 1.27 bits per heavy atom. The van der Waals surface area contributed by atoms with E-state index in [0.717, 1.165) is 13.1 Å². The molecule has 0 aliphatic carbocycles. The van der Waals surface area contributed by atoms with Gasteiger partial charge < -0.3 is 0 Å². The maximum absolute atomic E-state index is 6.23. The van der Waals surface area contributed by atoms with E-state index in [4.69, 9.17) is 11.2 Å². The predicted octanol–water partition coefficient (Wildman–Crippen LogP) is 2.50. The van der Waals surface area contributed by atoms with Gasteiger partial charge in [-0.25, -0.2) is 0 Å². The molecular formula is C7H16ClN2P. The van der Waals surface area contributed by atoms with Crippen LogP contribution in [0.15, 0.2) is 0 Å². The summed E-state index contributed by atoms with van der Waals surface area (Å²) in [5.74, 6) is 0. The van der Waals surface area contributed by atoms with E-state index in [2.05, 4.69) is 37.2 Å². The molecule has 1 aliphatic rings. The molecule has 0 aromatic rings. The van der Waals surface area contributed by atoms with Crippen LogP contribution in [0.5, 0.6) is 0 Å². The summed E-state index contributed by atoms with van der Waals surface area (Å²) in [6.45, 7) is 8.85. The Labute approximate surface area is 75.2 Å². The summed E-state index contributed by atoms with van der Waals surface area (Å²) < 4.78 is 4.59. The van der Waals surface area contributed by atoms with Gasteiger partial charge >= 0.3 is 0 Å². The Hall–Kier alpha value is 0.640. The van der Waals surface area contributed by atoms with Gasteiger partial charge in [0.1, 0.15) is 7.58 Å². The van der Waals surface area contributed by atoms with Crippen molar-refractivity contribution in [3.8, 4) is 0 Å². The predicted molar refractivity (Wildman–Crippen MR) is 51.9 cm³/mol. The van der Waals surface area contributed by atoms with Gasteiger partial charge in [-0.15, -0.1) is 0 Å². The largest absolute Gasteiger partial charge is 0.259 e. The average Bonchev–Trinajstić information content (AvgIpc) is 2.11. The molecule has 4 heteroatoms. The lowest BCUT2D eigenvalue weighted by atomic mass is 10.1. The molecule has 1 fully saturated rings.